The Labute approximate surface area is 177 Å². The number of nitrogens with zero attached hydrogens (tertiary/aromatic N) is 1. The number of rotatable bonds is 6. The fraction of sp³-hybridized carbons (Fsp3) is 0.417. The second-order valence-corrected chi connectivity index (χ2v) is 8.31. The Bertz CT molecular complexity index is 957. The number of ether oxygens (including phenoxy) is 3. The topological polar surface area (TPSA) is 30.9 Å². The van der Waals surface area contributed by atoms with Crippen molar-refractivity contribution in [3.8, 4) is 17.2 Å². The van der Waals surface area contributed by atoms with Gasteiger partial charge in [0.05, 0.1) is 5.41 Å². The van der Waals surface area contributed by atoms with Crippen molar-refractivity contribution in [3.05, 3.63) is 53.1 Å². The van der Waals surface area contributed by atoms with Crippen LogP contribution in [0.1, 0.15) is 42.9 Å². The van der Waals surface area contributed by atoms with E-state index in [-0.39, 0.29) is 12.2 Å². The molecule has 0 aliphatic carbocycles. The van der Waals surface area contributed by atoms with Gasteiger partial charge in [-0.3, -0.25) is 0 Å². The average molecular weight is 412 g/mol. The van der Waals surface area contributed by atoms with Crippen molar-refractivity contribution in [3.63, 3.8) is 0 Å². The summed E-state index contributed by atoms with van der Waals surface area (Å²) in [5.41, 5.74) is 4.87. The molecule has 3 aliphatic heterocycles. The van der Waals surface area contributed by atoms with Crippen molar-refractivity contribution in [1.82, 2.24) is 0 Å². The molecule has 1 unspecified atom stereocenters. The molecule has 4 nitrogen and oxygen atoms in total. The van der Waals surface area contributed by atoms with Crippen LogP contribution in [0.25, 0.3) is 6.08 Å². The van der Waals surface area contributed by atoms with Crippen LogP contribution < -0.4 is 19.1 Å². The summed E-state index contributed by atoms with van der Waals surface area (Å²) in [4.78, 5) is 2.53. The van der Waals surface area contributed by atoms with Crippen LogP contribution in [0.2, 0.25) is 0 Å². The SMILES string of the molecule is CCCCCN1CC2(COc3cc4c(cc32)OCO4)c2c(C=CCCl)cccc21. The summed E-state index contributed by atoms with van der Waals surface area (Å²) in [6.45, 7) is 5.14. The molecule has 0 fully saturated rings. The summed E-state index contributed by atoms with van der Waals surface area (Å²) < 4.78 is 17.5. The smallest absolute Gasteiger partial charge is 0.231 e. The molecule has 0 radical (unpaired) electrons. The Morgan fingerprint density at radius 3 is 2.79 bits per heavy atom. The fourth-order valence-electron chi connectivity index (χ4n) is 4.93. The molecule has 0 amide bonds. The minimum atomic E-state index is -0.203. The van der Waals surface area contributed by atoms with Crippen LogP contribution in [-0.2, 0) is 5.41 Å². The largest absolute Gasteiger partial charge is 0.492 e. The van der Waals surface area contributed by atoms with Crippen molar-refractivity contribution in [1.29, 1.82) is 0 Å². The van der Waals surface area contributed by atoms with Gasteiger partial charge < -0.3 is 19.1 Å². The third kappa shape index (κ3) is 2.96. The number of hydrogen-bond donors (Lipinski definition) is 0. The van der Waals surface area contributed by atoms with Gasteiger partial charge in [-0.15, -0.1) is 11.6 Å². The van der Waals surface area contributed by atoms with Gasteiger partial charge in [0.2, 0.25) is 6.79 Å². The van der Waals surface area contributed by atoms with Crippen LogP contribution in [0.4, 0.5) is 5.69 Å². The molecule has 0 aromatic heterocycles. The molecule has 0 saturated heterocycles. The first-order valence-electron chi connectivity index (χ1n) is 10.4. The van der Waals surface area contributed by atoms with E-state index >= 15 is 0 Å². The maximum Gasteiger partial charge on any atom is 0.231 e. The van der Waals surface area contributed by atoms with Crippen molar-refractivity contribution < 1.29 is 14.2 Å². The first-order valence-corrected chi connectivity index (χ1v) is 11.0. The van der Waals surface area contributed by atoms with E-state index in [0.29, 0.717) is 12.5 Å². The Morgan fingerprint density at radius 2 is 1.97 bits per heavy atom. The zero-order chi connectivity index (χ0) is 19.8. The quantitative estimate of drug-likeness (QED) is 0.473. The first kappa shape index (κ1) is 18.7. The molecule has 2 aromatic rings. The molecule has 2 aromatic carbocycles. The fourth-order valence-corrected chi connectivity index (χ4v) is 5.02. The van der Waals surface area contributed by atoms with E-state index in [1.165, 1.54) is 41.6 Å². The van der Waals surface area contributed by atoms with Crippen LogP contribution >= 0.6 is 11.6 Å². The predicted octanol–water partition coefficient (Wildman–Crippen LogP) is 5.36. The number of alkyl halides is 1. The average Bonchev–Trinajstić information content (AvgIpc) is 3.43. The number of anilines is 1. The molecule has 3 heterocycles. The molecule has 5 rings (SSSR count). The van der Waals surface area contributed by atoms with Gasteiger partial charge in [0.25, 0.3) is 0 Å². The lowest BCUT2D eigenvalue weighted by Crippen LogP contribution is -2.36. The van der Waals surface area contributed by atoms with Crippen LogP contribution in [0, 0.1) is 0 Å². The lowest BCUT2D eigenvalue weighted by Gasteiger charge is -2.26. The lowest BCUT2D eigenvalue weighted by atomic mass is 9.75. The Kier molecular flexibility index (Phi) is 4.83. The van der Waals surface area contributed by atoms with E-state index in [4.69, 9.17) is 25.8 Å². The molecule has 152 valence electrons. The monoisotopic (exact) mass is 411 g/mol. The van der Waals surface area contributed by atoms with E-state index in [0.717, 1.165) is 30.3 Å². The van der Waals surface area contributed by atoms with Crippen molar-refractivity contribution in [2.75, 3.05) is 37.3 Å². The van der Waals surface area contributed by atoms with E-state index in [9.17, 15) is 0 Å². The molecule has 1 spiro atoms. The number of unbranched alkanes of at least 4 members (excludes halogenated alkanes) is 2. The summed E-state index contributed by atoms with van der Waals surface area (Å²) in [5, 5.41) is 0. The van der Waals surface area contributed by atoms with Crippen LogP contribution in [0.15, 0.2) is 36.4 Å². The van der Waals surface area contributed by atoms with Gasteiger partial charge in [0, 0.05) is 36.3 Å². The van der Waals surface area contributed by atoms with E-state index in [1.807, 2.05) is 12.1 Å². The maximum atomic E-state index is 6.24. The molecule has 1 atom stereocenters. The molecule has 3 aliphatic rings. The maximum absolute atomic E-state index is 6.24. The summed E-state index contributed by atoms with van der Waals surface area (Å²) >= 11 is 5.96. The number of benzene rings is 2. The van der Waals surface area contributed by atoms with E-state index in [1.54, 1.807) is 0 Å². The number of halogens is 1. The molecular weight excluding hydrogens is 386 g/mol. The van der Waals surface area contributed by atoms with Gasteiger partial charge in [-0.25, -0.2) is 0 Å². The molecular formula is C24H26ClNO3. The highest BCUT2D eigenvalue weighted by Gasteiger charge is 2.51. The van der Waals surface area contributed by atoms with Gasteiger partial charge >= 0.3 is 0 Å². The minimum absolute atomic E-state index is 0.203. The molecule has 0 N–H and O–H groups in total. The van der Waals surface area contributed by atoms with Crippen LogP contribution in [0.3, 0.4) is 0 Å². The number of hydrogen-bond acceptors (Lipinski definition) is 4. The zero-order valence-electron chi connectivity index (χ0n) is 16.7. The van der Waals surface area contributed by atoms with E-state index < -0.39 is 0 Å². The second-order valence-electron chi connectivity index (χ2n) is 8.00. The zero-order valence-corrected chi connectivity index (χ0v) is 17.5. The van der Waals surface area contributed by atoms with Gasteiger partial charge in [-0.05, 0) is 29.7 Å². The first-order chi connectivity index (χ1) is 14.3. The molecule has 29 heavy (non-hydrogen) atoms. The van der Waals surface area contributed by atoms with Gasteiger partial charge in [0.1, 0.15) is 12.4 Å². The molecule has 5 heteroatoms. The minimum Gasteiger partial charge on any atom is -0.492 e. The third-order valence-electron chi connectivity index (χ3n) is 6.24. The highest BCUT2D eigenvalue weighted by Crippen LogP contribution is 2.55. The Morgan fingerprint density at radius 1 is 1.10 bits per heavy atom. The van der Waals surface area contributed by atoms with Gasteiger partial charge in [-0.1, -0.05) is 44.1 Å². The number of allylic oxidation sites excluding steroid dienone is 1. The standard InChI is InChI=1S/C24H26ClNO3/c1-2-3-4-11-26-14-24(23-17(8-6-10-25)7-5-9-19(23)26)15-27-20-13-22-21(12-18(20)24)28-16-29-22/h5-9,12-13H,2-4,10-11,14-16H2,1H3. The normalized spacial score (nSPS) is 21.1. The van der Waals surface area contributed by atoms with Crippen LogP contribution in [-0.4, -0.2) is 32.4 Å². The van der Waals surface area contributed by atoms with Crippen molar-refractivity contribution >= 4 is 23.4 Å². The Hall–Kier alpha value is -2.33. The van der Waals surface area contributed by atoms with Crippen molar-refractivity contribution in [2.24, 2.45) is 0 Å². The van der Waals surface area contributed by atoms with Crippen molar-refractivity contribution in [2.45, 2.75) is 31.6 Å². The van der Waals surface area contributed by atoms with Crippen LogP contribution in [0.5, 0.6) is 17.2 Å². The Balaban J connectivity index is 1.64. The molecule has 0 bridgehead atoms. The van der Waals surface area contributed by atoms with Gasteiger partial charge in [0.15, 0.2) is 11.5 Å². The van der Waals surface area contributed by atoms with Gasteiger partial charge in [-0.2, -0.15) is 0 Å². The third-order valence-corrected chi connectivity index (χ3v) is 6.42. The lowest BCUT2D eigenvalue weighted by molar-refractivity contribution is 0.173. The number of fused-ring (bicyclic) bond motifs is 5. The summed E-state index contributed by atoms with van der Waals surface area (Å²) in [6.07, 6.45) is 7.83. The molecule has 0 saturated carbocycles. The van der Waals surface area contributed by atoms with E-state index in [2.05, 4.69) is 42.2 Å². The highest BCUT2D eigenvalue weighted by molar-refractivity contribution is 6.19. The predicted molar refractivity (Wildman–Crippen MR) is 117 cm³/mol. The highest BCUT2D eigenvalue weighted by atomic mass is 35.5. The second kappa shape index (κ2) is 7.49. The summed E-state index contributed by atoms with van der Waals surface area (Å²) in [5.74, 6) is 3.00. The summed E-state index contributed by atoms with van der Waals surface area (Å²) in [6, 6.07) is 10.7. The summed E-state index contributed by atoms with van der Waals surface area (Å²) in [7, 11) is 0.